The van der Waals surface area contributed by atoms with Gasteiger partial charge in [0.2, 0.25) is 5.91 Å². The quantitative estimate of drug-likeness (QED) is 0.818. The lowest BCUT2D eigenvalue weighted by molar-refractivity contribution is -0.140. The molecule has 1 aliphatic rings. The highest BCUT2D eigenvalue weighted by molar-refractivity contribution is 9.10. The van der Waals surface area contributed by atoms with Crippen molar-refractivity contribution in [2.45, 2.75) is 13.0 Å². The van der Waals surface area contributed by atoms with Gasteiger partial charge in [-0.3, -0.25) is 10.2 Å². The summed E-state index contributed by atoms with van der Waals surface area (Å²) >= 11 is 3.36. The van der Waals surface area contributed by atoms with Crippen LogP contribution in [0.4, 0.5) is 5.69 Å². The fourth-order valence-corrected chi connectivity index (χ4v) is 2.50. The van der Waals surface area contributed by atoms with Crippen molar-refractivity contribution >= 4 is 33.5 Å². The minimum atomic E-state index is -0.494. The van der Waals surface area contributed by atoms with Crippen molar-refractivity contribution in [3.05, 3.63) is 76.4 Å². The zero-order valence-corrected chi connectivity index (χ0v) is 14.3. The van der Waals surface area contributed by atoms with Crippen LogP contribution in [0.5, 0.6) is 0 Å². The summed E-state index contributed by atoms with van der Waals surface area (Å²) in [6.07, 6.45) is 1.69. The number of benzene rings is 2. The van der Waals surface area contributed by atoms with Gasteiger partial charge in [0.1, 0.15) is 12.3 Å². The normalized spacial score (nSPS) is 14.0. The highest BCUT2D eigenvalue weighted by Crippen LogP contribution is 2.18. The summed E-state index contributed by atoms with van der Waals surface area (Å²) < 4.78 is 6.27. The summed E-state index contributed by atoms with van der Waals surface area (Å²) in [7, 11) is 0. The third-order valence-corrected chi connectivity index (χ3v) is 4.01. The Morgan fingerprint density at radius 2 is 1.83 bits per heavy atom. The molecule has 0 atom stereocenters. The van der Waals surface area contributed by atoms with Gasteiger partial charge in [-0.15, -0.1) is 0 Å². The van der Waals surface area contributed by atoms with Crippen molar-refractivity contribution in [2.24, 2.45) is 0 Å². The summed E-state index contributed by atoms with van der Waals surface area (Å²) in [5, 5.41) is 1.36. The highest BCUT2D eigenvalue weighted by Gasteiger charge is 2.24. The number of amides is 1. The molecule has 1 N–H and O–H groups in total. The van der Waals surface area contributed by atoms with Crippen LogP contribution in [0.25, 0.3) is 0 Å². The lowest BCUT2D eigenvalue weighted by Gasteiger charge is -2.28. The first-order valence-electron chi connectivity index (χ1n) is 7.40. The summed E-state index contributed by atoms with van der Waals surface area (Å²) in [5.41, 5.74) is 4.65. The maximum absolute atomic E-state index is 12.2. The molecule has 6 heteroatoms. The number of para-hydroxylation sites is 1. The second-order valence-electron chi connectivity index (χ2n) is 5.20. The minimum absolute atomic E-state index is 0.134. The van der Waals surface area contributed by atoms with E-state index >= 15 is 0 Å². The number of esters is 1. The van der Waals surface area contributed by atoms with Crippen LogP contribution in [0.1, 0.15) is 12.0 Å². The second kappa shape index (κ2) is 7.31. The number of carbonyl (C=O) groups is 2. The van der Waals surface area contributed by atoms with E-state index in [1.165, 1.54) is 5.01 Å². The predicted molar refractivity (Wildman–Crippen MR) is 93.7 cm³/mol. The maximum atomic E-state index is 12.2. The molecule has 0 aliphatic carbocycles. The fourth-order valence-electron chi connectivity index (χ4n) is 2.23. The first-order chi connectivity index (χ1) is 11.6. The molecule has 0 unspecified atom stereocenters. The molecule has 5 nitrogen and oxygen atoms in total. The lowest BCUT2D eigenvalue weighted by atomic mass is 10.2. The lowest BCUT2D eigenvalue weighted by Crippen LogP contribution is -2.47. The Bertz CT molecular complexity index is 773. The molecular formula is C18H15BrN2O3. The number of halogens is 1. The Morgan fingerprint density at radius 3 is 2.54 bits per heavy atom. The molecule has 1 heterocycles. The van der Waals surface area contributed by atoms with Gasteiger partial charge in [0.15, 0.2) is 0 Å². The third-order valence-electron chi connectivity index (χ3n) is 3.48. The summed E-state index contributed by atoms with van der Waals surface area (Å²) in [6.45, 7) is 0.171. The molecule has 1 aliphatic heterocycles. The monoisotopic (exact) mass is 386 g/mol. The molecule has 1 amide bonds. The van der Waals surface area contributed by atoms with Crippen molar-refractivity contribution in [1.82, 2.24) is 5.43 Å². The van der Waals surface area contributed by atoms with E-state index in [0.29, 0.717) is 5.69 Å². The largest absolute Gasteiger partial charge is 0.456 e. The van der Waals surface area contributed by atoms with E-state index in [0.717, 1.165) is 10.0 Å². The molecule has 2 aromatic rings. The van der Waals surface area contributed by atoms with Gasteiger partial charge in [-0.25, -0.2) is 9.80 Å². The highest BCUT2D eigenvalue weighted by atomic mass is 79.9. The number of hydrogen-bond acceptors (Lipinski definition) is 4. The van der Waals surface area contributed by atoms with Crippen LogP contribution in [0.3, 0.4) is 0 Å². The number of carbonyl (C=O) groups excluding carboxylic acids is 2. The van der Waals surface area contributed by atoms with E-state index in [1.807, 2.05) is 42.5 Å². The van der Waals surface area contributed by atoms with Gasteiger partial charge in [0.25, 0.3) is 0 Å². The topological polar surface area (TPSA) is 58.6 Å². The maximum Gasteiger partial charge on any atom is 0.356 e. The van der Waals surface area contributed by atoms with Gasteiger partial charge >= 0.3 is 5.97 Å². The molecule has 0 saturated carbocycles. The number of nitrogens with one attached hydrogen (secondary N) is 1. The molecular weight excluding hydrogens is 372 g/mol. The number of nitrogens with zero attached hydrogens (tertiary/aromatic N) is 1. The number of rotatable bonds is 4. The minimum Gasteiger partial charge on any atom is -0.456 e. The van der Waals surface area contributed by atoms with Crippen LogP contribution in [0, 0.1) is 0 Å². The van der Waals surface area contributed by atoms with Crippen molar-refractivity contribution in [3.63, 3.8) is 0 Å². The Kier molecular flexibility index (Phi) is 4.96. The van der Waals surface area contributed by atoms with Gasteiger partial charge in [-0.2, -0.15) is 0 Å². The van der Waals surface area contributed by atoms with Gasteiger partial charge in [0.05, 0.1) is 5.69 Å². The second-order valence-corrected chi connectivity index (χ2v) is 6.12. The average molecular weight is 387 g/mol. The van der Waals surface area contributed by atoms with E-state index in [2.05, 4.69) is 21.4 Å². The molecule has 0 spiro atoms. The zero-order chi connectivity index (χ0) is 16.9. The summed E-state index contributed by atoms with van der Waals surface area (Å²) in [5.74, 6) is -0.628. The van der Waals surface area contributed by atoms with Crippen LogP contribution in [-0.4, -0.2) is 11.9 Å². The molecule has 24 heavy (non-hydrogen) atoms. The average Bonchev–Trinajstić information content (AvgIpc) is 2.62. The molecule has 2 aromatic carbocycles. The smallest absolute Gasteiger partial charge is 0.356 e. The van der Waals surface area contributed by atoms with Crippen molar-refractivity contribution in [3.8, 4) is 0 Å². The van der Waals surface area contributed by atoms with E-state index in [1.54, 1.807) is 18.2 Å². The number of ether oxygens (including phenoxy) is 1. The molecule has 0 fully saturated rings. The number of hydrazine groups is 1. The van der Waals surface area contributed by atoms with Crippen molar-refractivity contribution in [2.75, 3.05) is 5.01 Å². The predicted octanol–water partition coefficient (Wildman–Crippen LogP) is 3.32. The number of anilines is 1. The Balaban J connectivity index is 1.64. The Labute approximate surface area is 148 Å². The van der Waals surface area contributed by atoms with E-state index in [9.17, 15) is 9.59 Å². The molecule has 0 bridgehead atoms. The zero-order valence-electron chi connectivity index (χ0n) is 12.7. The van der Waals surface area contributed by atoms with Gasteiger partial charge in [-0.1, -0.05) is 46.3 Å². The van der Waals surface area contributed by atoms with Crippen LogP contribution in [0.2, 0.25) is 0 Å². The summed E-state index contributed by atoms with van der Waals surface area (Å²) in [6, 6.07) is 16.6. The van der Waals surface area contributed by atoms with E-state index in [4.69, 9.17) is 4.74 Å². The van der Waals surface area contributed by atoms with Gasteiger partial charge in [0, 0.05) is 10.9 Å². The molecule has 0 aromatic heterocycles. The van der Waals surface area contributed by atoms with Crippen molar-refractivity contribution < 1.29 is 14.3 Å². The standard InChI is InChI=1S/C18H15BrN2O3/c19-14-8-6-13(7-9-14)12-24-18(23)16-10-11-17(22)21(20-16)15-4-2-1-3-5-15/h1-10,20H,11-12H2. The van der Waals surface area contributed by atoms with Crippen LogP contribution >= 0.6 is 15.9 Å². The van der Waals surface area contributed by atoms with E-state index < -0.39 is 5.97 Å². The van der Waals surface area contributed by atoms with Crippen molar-refractivity contribution in [1.29, 1.82) is 0 Å². The van der Waals surface area contributed by atoms with E-state index in [-0.39, 0.29) is 24.6 Å². The molecule has 3 rings (SSSR count). The van der Waals surface area contributed by atoms with Crippen LogP contribution < -0.4 is 10.4 Å². The first kappa shape index (κ1) is 16.3. The van der Waals surface area contributed by atoms with Crippen LogP contribution in [-0.2, 0) is 20.9 Å². The molecule has 122 valence electrons. The SMILES string of the molecule is O=C(OCc1ccc(Br)cc1)C1=CCC(=O)N(c2ccccc2)N1. The first-order valence-corrected chi connectivity index (χ1v) is 8.19. The van der Waals surface area contributed by atoms with Gasteiger partial charge in [-0.05, 0) is 35.9 Å². The third kappa shape index (κ3) is 3.83. The molecule has 0 saturated heterocycles. The Morgan fingerprint density at radius 1 is 1.12 bits per heavy atom. The number of hydrogen-bond donors (Lipinski definition) is 1. The molecule has 0 radical (unpaired) electrons. The van der Waals surface area contributed by atoms with Gasteiger partial charge < -0.3 is 4.74 Å². The van der Waals surface area contributed by atoms with Crippen LogP contribution in [0.15, 0.2) is 70.8 Å². The summed E-state index contributed by atoms with van der Waals surface area (Å²) in [4.78, 5) is 24.3. The Hall–Kier alpha value is -2.60. The fraction of sp³-hybridized carbons (Fsp3) is 0.111.